The first-order valence-electron chi connectivity index (χ1n) is 7.67. The Balaban J connectivity index is 1.69. The van der Waals surface area contributed by atoms with Crippen molar-refractivity contribution in [2.24, 2.45) is 0 Å². The summed E-state index contributed by atoms with van der Waals surface area (Å²) in [5.74, 6) is 0.553. The number of ether oxygens (including phenoxy) is 1. The van der Waals surface area contributed by atoms with Gasteiger partial charge in [0.05, 0.1) is 24.5 Å². The van der Waals surface area contributed by atoms with Crippen LogP contribution in [0.3, 0.4) is 0 Å². The molecule has 0 bridgehead atoms. The number of aromatic nitrogens is 3. The fraction of sp³-hybridized carbons (Fsp3) is 0.235. The van der Waals surface area contributed by atoms with Crippen LogP contribution in [0.4, 0.5) is 0 Å². The molecule has 24 heavy (non-hydrogen) atoms. The number of carbonyl (C=O) groups is 1. The van der Waals surface area contributed by atoms with Crippen LogP contribution < -0.4 is 10.1 Å². The van der Waals surface area contributed by atoms with Crippen molar-refractivity contribution in [3.05, 3.63) is 58.5 Å². The standard InChI is InChI=1S/C17H18N4O2S/c1-3-23-14-8-6-13(7-9-14)21-11-15(19-20-21)17(22)18-12(2)16-5-4-10-24-16/h4-12H,3H2,1-2H3,(H,18,22)/t12-/m1/s1. The van der Waals surface area contributed by atoms with Crippen molar-refractivity contribution in [1.29, 1.82) is 0 Å². The van der Waals surface area contributed by atoms with Gasteiger partial charge in [-0.2, -0.15) is 0 Å². The molecule has 7 heteroatoms. The van der Waals surface area contributed by atoms with Crippen LogP contribution >= 0.6 is 11.3 Å². The zero-order chi connectivity index (χ0) is 16.9. The quantitative estimate of drug-likeness (QED) is 0.747. The van der Waals surface area contributed by atoms with Crippen molar-refractivity contribution in [2.75, 3.05) is 6.61 Å². The molecule has 0 unspecified atom stereocenters. The maximum Gasteiger partial charge on any atom is 0.273 e. The van der Waals surface area contributed by atoms with Crippen molar-refractivity contribution in [2.45, 2.75) is 19.9 Å². The lowest BCUT2D eigenvalue weighted by molar-refractivity contribution is 0.0935. The Morgan fingerprint density at radius 1 is 1.33 bits per heavy atom. The third kappa shape index (κ3) is 3.62. The van der Waals surface area contributed by atoms with E-state index in [1.807, 2.05) is 55.6 Å². The second kappa shape index (κ2) is 7.27. The van der Waals surface area contributed by atoms with Crippen LogP contribution in [0.25, 0.3) is 5.69 Å². The van der Waals surface area contributed by atoms with Gasteiger partial charge >= 0.3 is 0 Å². The third-order valence-electron chi connectivity index (χ3n) is 3.46. The Kier molecular flexibility index (Phi) is 4.90. The Morgan fingerprint density at radius 3 is 2.79 bits per heavy atom. The van der Waals surface area contributed by atoms with E-state index in [1.54, 1.807) is 22.2 Å². The average molecular weight is 342 g/mol. The van der Waals surface area contributed by atoms with Gasteiger partial charge in [-0.25, -0.2) is 4.68 Å². The summed E-state index contributed by atoms with van der Waals surface area (Å²) in [6.07, 6.45) is 1.62. The summed E-state index contributed by atoms with van der Waals surface area (Å²) < 4.78 is 6.98. The molecule has 0 spiro atoms. The van der Waals surface area contributed by atoms with Crippen molar-refractivity contribution >= 4 is 17.2 Å². The molecular formula is C17H18N4O2S. The number of amides is 1. The average Bonchev–Trinajstić information content (AvgIpc) is 3.28. The zero-order valence-corrected chi connectivity index (χ0v) is 14.3. The van der Waals surface area contributed by atoms with E-state index >= 15 is 0 Å². The van der Waals surface area contributed by atoms with Crippen LogP contribution in [-0.4, -0.2) is 27.5 Å². The number of carbonyl (C=O) groups excluding carboxylic acids is 1. The predicted octanol–water partition coefficient (Wildman–Crippen LogP) is 3.22. The van der Waals surface area contributed by atoms with Crippen LogP contribution in [0.5, 0.6) is 5.75 Å². The highest BCUT2D eigenvalue weighted by Crippen LogP contribution is 2.19. The van der Waals surface area contributed by atoms with Gasteiger partial charge in [-0.05, 0) is 49.6 Å². The van der Waals surface area contributed by atoms with E-state index in [1.165, 1.54) is 0 Å². The minimum atomic E-state index is -0.243. The first-order chi connectivity index (χ1) is 11.7. The van der Waals surface area contributed by atoms with Gasteiger partial charge in [0, 0.05) is 4.88 Å². The molecule has 0 saturated heterocycles. The summed E-state index contributed by atoms with van der Waals surface area (Å²) in [6.45, 7) is 4.50. The van der Waals surface area contributed by atoms with Gasteiger partial charge in [0.1, 0.15) is 5.75 Å². The highest BCUT2D eigenvalue weighted by atomic mass is 32.1. The monoisotopic (exact) mass is 342 g/mol. The molecule has 2 heterocycles. The van der Waals surface area contributed by atoms with E-state index in [2.05, 4.69) is 15.6 Å². The molecule has 1 aromatic carbocycles. The molecule has 2 aromatic heterocycles. The molecular weight excluding hydrogens is 324 g/mol. The summed E-state index contributed by atoms with van der Waals surface area (Å²) in [6, 6.07) is 11.4. The molecule has 124 valence electrons. The highest BCUT2D eigenvalue weighted by Gasteiger charge is 2.15. The first kappa shape index (κ1) is 16.2. The van der Waals surface area contributed by atoms with Crippen LogP contribution in [0.15, 0.2) is 48.0 Å². The molecule has 3 aromatic rings. The van der Waals surface area contributed by atoms with Crippen molar-refractivity contribution in [3.8, 4) is 11.4 Å². The molecule has 3 rings (SSSR count). The van der Waals surface area contributed by atoms with Crippen LogP contribution in [0, 0.1) is 0 Å². The number of nitrogens with one attached hydrogen (secondary N) is 1. The Labute approximate surface area is 144 Å². The van der Waals surface area contributed by atoms with Crippen molar-refractivity contribution in [3.63, 3.8) is 0 Å². The summed E-state index contributed by atoms with van der Waals surface area (Å²) in [5, 5.41) is 12.9. The molecule has 1 N–H and O–H groups in total. The maximum atomic E-state index is 12.3. The van der Waals surface area contributed by atoms with E-state index < -0.39 is 0 Å². The minimum Gasteiger partial charge on any atom is -0.494 e. The van der Waals surface area contributed by atoms with E-state index in [-0.39, 0.29) is 17.6 Å². The van der Waals surface area contributed by atoms with E-state index in [0.29, 0.717) is 6.61 Å². The molecule has 0 aliphatic heterocycles. The van der Waals surface area contributed by atoms with Crippen LogP contribution in [-0.2, 0) is 0 Å². The number of hydrogen-bond donors (Lipinski definition) is 1. The molecule has 0 aliphatic carbocycles. The Hall–Kier alpha value is -2.67. The molecule has 1 amide bonds. The summed E-state index contributed by atoms with van der Waals surface area (Å²) in [4.78, 5) is 13.4. The SMILES string of the molecule is CCOc1ccc(-n2cc(C(=O)N[C@H](C)c3cccs3)nn2)cc1. The minimum absolute atomic E-state index is 0.0619. The Bertz CT molecular complexity index is 796. The van der Waals surface area contributed by atoms with Crippen LogP contribution in [0.1, 0.15) is 35.3 Å². The predicted molar refractivity (Wildman–Crippen MR) is 92.7 cm³/mol. The molecule has 0 saturated carbocycles. The first-order valence-corrected chi connectivity index (χ1v) is 8.55. The summed E-state index contributed by atoms with van der Waals surface area (Å²) in [5.41, 5.74) is 1.10. The highest BCUT2D eigenvalue weighted by molar-refractivity contribution is 7.10. The lowest BCUT2D eigenvalue weighted by Gasteiger charge is -2.10. The fourth-order valence-electron chi connectivity index (χ4n) is 2.24. The van der Waals surface area contributed by atoms with Gasteiger partial charge in [-0.15, -0.1) is 16.4 Å². The number of benzene rings is 1. The molecule has 6 nitrogen and oxygen atoms in total. The largest absolute Gasteiger partial charge is 0.494 e. The number of rotatable bonds is 6. The van der Waals surface area contributed by atoms with Gasteiger partial charge in [-0.1, -0.05) is 11.3 Å². The smallest absolute Gasteiger partial charge is 0.273 e. The number of hydrogen-bond acceptors (Lipinski definition) is 5. The van der Waals surface area contributed by atoms with Gasteiger partial charge in [-0.3, -0.25) is 4.79 Å². The molecule has 1 atom stereocenters. The molecule has 0 aliphatic rings. The second-order valence-electron chi connectivity index (χ2n) is 5.19. The van der Waals surface area contributed by atoms with Gasteiger partial charge in [0.15, 0.2) is 5.69 Å². The zero-order valence-electron chi connectivity index (χ0n) is 13.5. The molecule has 0 fully saturated rings. The maximum absolute atomic E-state index is 12.3. The summed E-state index contributed by atoms with van der Waals surface area (Å²) in [7, 11) is 0. The van der Waals surface area contributed by atoms with E-state index in [0.717, 1.165) is 16.3 Å². The van der Waals surface area contributed by atoms with Gasteiger partial charge < -0.3 is 10.1 Å². The number of thiophene rings is 1. The van der Waals surface area contributed by atoms with Crippen LogP contribution in [0.2, 0.25) is 0 Å². The van der Waals surface area contributed by atoms with E-state index in [4.69, 9.17) is 4.74 Å². The second-order valence-corrected chi connectivity index (χ2v) is 6.17. The van der Waals surface area contributed by atoms with Crippen molar-refractivity contribution in [1.82, 2.24) is 20.3 Å². The van der Waals surface area contributed by atoms with Gasteiger partial charge in [0.25, 0.3) is 5.91 Å². The fourth-order valence-corrected chi connectivity index (χ4v) is 2.97. The Morgan fingerprint density at radius 2 is 2.12 bits per heavy atom. The normalized spacial score (nSPS) is 11.9. The van der Waals surface area contributed by atoms with E-state index in [9.17, 15) is 4.79 Å². The lowest BCUT2D eigenvalue weighted by atomic mass is 10.2. The molecule has 0 radical (unpaired) electrons. The summed E-state index contributed by atoms with van der Waals surface area (Å²) >= 11 is 1.61. The van der Waals surface area contributed by atoms with Crippen molar-refractivity contribution < 1.29 is 9.53 Å². The number of nitrogens with zero attached hydrogens (tertiary/aromatic N) is 3. The topological polar surface area (TPSA) is 69.0 Å². The third-order valence-corrected chi connectivity index (χ3v) is 4.51. The van der Waals surface area contributed by atoms with Gasteiger partial charge in [0.2, 0.25) is 0 Å². The lowest BCUT2D eigenvalue weighted by Crippen LogP contribution is -2.26.